The first-order valence-electron chi connectivity index (χ1n) is 12.2. The highest BCUT2D eigenvalue weighted by molar-refractivity contribution is 9.09. The van der Waals surface area contributed by atoms with E-state index < -0.39 is 34.6 Å². The van der Waals surface area contributed by atoms with Crippen molar-refractivity contribution in [2.75, 3.05) is 19.7 Å². The summed E-state index contributed by atoms with van der Waals surface area (Å²) in [5.74, 6) is -3.17. The number of carboxylic acids is 1. The second-order valence-electron chi connectivity index (χ2n) is 9.70. The SMILES string of the molecule is C=CCN(CCCC)C(=O)C1N([C@@H](CO)Cc2ccccc2)C(=O)[C@@H]2[C@H](C(=O)O)[C@H]3SC12CC3Br. The highest BCUT2D eigenvalue weighted by atomic mass is 79.9. The van der Waals surface area contributed by atoms with Gasteiger partial charge < -0.3 is 20.0 Å². The number of aliphatic hydroxyl groups excluding tert-OH is 1. The van der Waals surface area contributed by atoms with Crippen molar-refractivity contribution in [3.8, 4) is 0 Å². The zero-order valence-corrected chi connectivity index (χ0v) is 22.3. The van der Waals surface area contributed by atoms with E-state index in [1.165, 1.54) is 11.8 Å². The topological polar surface area (TPSA) is 98.2 Å². The van der Waals surface area contributed by atoms with Gasteiger partial charge in [0.2, 0.25) is 11.8 Å². The first-order valence-corrected chi connectivity index (χ1v) is 14.0. The number of hydrogen-bond donors (Lipinski definition) is 2. The number of fused-ring (bicyclic) bond motifs is 1. The molecule has 190 valence electrons. The van der Waals surface area contributed by atoms with Crippen LogP contribution in [0.2, 0.25) is 0 Å². The number of amides is 2. The van der Waals surface area contributed by atoms with E-state index >= 15 is 0 Å². The van der Waals surface area contributed by atoms with Gasteiger partial charge in [-0.2, -0.15) is 0 Å². The van der Waals surface area contributed by atoms with Crippen LogP contribution in [0.4, 0.5) is 0 Å². The Kier molecular flexibility index (Phi) is 7.98. The number of carbonyl (C=O) groups excluding carboxylic acids is 2. The molecule has 1 aromatic carbocycles. The molecule has 7 nitrogen and oxygen atoms in total. The number of alkyl halides is 1. The van der Waals surface area contributed by atoms with Crippen LogP contribution in [0.3, 0.4) is 0 Å². The van der Waals surface area contributed by atoms with Gasteiger partial charge in [-0.25, -0.2) is 0 Å². The van der Waals surface area contributed by atoms with Crippen molar-refractivity contribution < 1.29 is 24.6 Å². The minimum absolute atomic E-state index is 0.0990. The summed E-state index contributed by atoms with van der Waals surface area (Å²) in [5, 5.41) is 20.3. The van der Waals surface area contributed by atoms with Crippen molar-refractivity contribution in [3.05, 3.63) is 48.6 Å². The second-order valence-corrected chi connectivity index (χ2v) is 12.4. The van der Waals surface area contributed by atoms with Crippen LogP contribution in [0, 0.1) is 11.8 Å². The Morgan fingerprint density at radius 3 is 2.69 bits per heavy atom. The third kappa shape index (κ3) is 4.44. The first-order chi connectivity index (χ1) is 16.8. The molecular formula is C26H33BrN2O5S. The van der Waals surface area contributed by atoms with E-state index in [4.69, 9.17) is 0 Å². The summed E-state index contributed by atoms with van der Waals surface area (Å²) in [5.41, 5.74) is 0.944. The number of aliphatic carboxylic acids is 1. The van der Waals surface area contributed by atoms with Gasteiger partial charge in [0, 0.05) is 23.2 Å². The predicted octanol–water partition coefficient (Wildman–Crippen LogP) is 2.95. The van der Waals surface area contributed by atoms with E-state index in [0.717, 1.165) is 18.4 Å². The molecule has 9 heteroatoms. The van der Waals surface area contributed by atoms with Crippen LogP contribution >= 0.6 is 27.7 Å². The Balaban J connectivity index is 1.79. The van der Waals surface area contributed by atoms with Crippen molar-refractivity contribution >= 4 is 45.5 Å². The maximum atomic E-state index is 14.2. The number of carboxylic acid groups (broad SMARTS) is 1. The van der Waals surface area contributed by atoms with Gasteiger partial charge in [-0.15, -0.1) is 18.3 Å². The monoisotopic (exact) mass is 564 g/mol. The summed E-state index contributed by atoms with van der Waals surface area (Å²) in [4.78, 5) is 43.8. The number of carbonyl (C=O) groups is 3. The van der Waals surface area contributed by atoms with Crippen LogP contribution in [0.1, 0.15) is 31.7 Å². The Bertz CT molecular complexity index is 978. The first kappa shape index (κ1) is 26.2. The smallest absolute Gasteiger partial charge is 0.308 e. The normalized spacial score (nSPS) is 31.9. The lowest BCUT2D eigenvalue weighted by atomic mass is 9.71. The summed E-state index contributed by atoms with van der Waals surface area (Å²) >= 11 is 5.15. The number of unbranched alkanes of at least 4 members (excludes halogenated alkanes) is 1. The van der Waals surface area contributed by atoms with Gasteiger partial charge in [0.25, 0.3) is 0 Å². The van der Waals surface area contributed by atoms with E-state index in [1.54, 1.807) is 15.9 Å². The van der Waals surface area contributed by atoms with Crippen molar-refractivity contribution in [2.45, 2.75) is 59.5 Å². The lowest BCUT2D eigenvalue weighted by molar-refractivity contribution is -0.149. The molecule has 35 heavy (non-hydrogen) atoms. The molecule has 3 aliphatic heterocycles. The number of nitrogens with zero attached hydrogens (tertiary/aromatic N) is 2. The van der Waals surface area contributed by atoms with Crippen molar-refractivity contribution in [2.24, 2.45) is 11.8 Å². The van der Waals surface area contributed by atoms with Gasteiger partial charge in [0.1, 0.15) is 6.04 Å². The number of thioether (sulfide) groups is 1. The predicted molar refractivity (Wildman–Crippen MR) is 139 cm³/mol. The van der Waals surface area contributed by atoms with Crippen molar-refractivity contribution in [1.82, 2.24) is 9.80 Å². The van der Waals surface area contributed by atoms with Gasteiger partial charge in [0.05, 0.1) is 29.2 Å². The molecule has 3 aliphatic rings. The Morgan fingerprint density at radius 2 is 2.09 bits per heavy atom. The highest BCUT2D eigenvalue weighted by Crippen LogP contribution is 2.68. The molecule has 2 bridgehead atoms. The van der Waals surface area contributed by atoms with Crippen LogP contribution in [0.15, 0.2) is 43.0 Å². The van der Waals surface area contributed by atoms with Crippen molar-refractivity contribution in [1.29, 1.82) is 0 Å². The van der Waals surface area contributed by atoms with Crippen LogP contribution in [0.25, 0.3) is 0 Å². The molecule has 1 aromatic rings. The van der Waals surface area contributed by atoms with Gasteiger partial charge in [-0.3, -0.25) is 14.4 Å². The minimum Gasteiger partial charge on any atom is -0.481 e. The van der Waals surface area contributed by atoms with Crippen LogP contribution < -0.4 is 0 Å². The average Bonchev–Trinajstić information content (AvgIpc) is 3.44. The number of halogens is 1. The molecule has 3 heterocycles. The van der Waals surface area contributed by atoms with Crippen molar-refractivity contribution in [3.63, 3.8) is 0 Å². The van der Waals surface area contributed by atoms with Gasteiger partial charge in [-0.1, -0.05) is 65.7 Å². The Labute approximate surface area is 219 Å². The molecule has 3 unspecified atom stereocenters. The van der Waals surface area contributed by atoms with Crippen LogP contribution in [0.5, 0.6) is 0 Å². The maximum Gasteiger partial charge on any atom is 0.308 e. The van der Waals surface area contributed by atoms with E-state index in [2.05, 4.69) is 29.4 Å². The van der Waals surface area contributed by atoms with Gasteiger partial charge in [0.15, 0.2) is 0 Å². The summed E-state index contributed by atoms with van der Waals surface area (Å²) < 4.78 is -0.841. The molecule has 3 saturated heterocycles. The summed E-state index contributed by atoms with van der Waals surface area (Å²) in [6.07, 6.45) is 4.34. The van der Waals surface area contributed by atoms with E-state index in [0.29, 0.717) is 25.9 Å². The average molecular weight is 566 g/mol. The Hall–Kier alpha value is -1.84. The molecule has 0 aliphatic carbocycles. The summed E-state index contributed by atoms with van der Waals surface area (Å²) in [6, 6.07) is 8.09. The zero-order chi connectivity index (χ0) is 25.3. The second kappa shape index (κ2) is 10.6. The Morgan fingerprint density at radius 1 is 1.37 bits per heavy atom. The number of rotatable bonds is 11. The van der Waals surface area contributed by atoms with E-state index in [-0.39, 0.29) is 28.5 Å². The number of benzene rings is 1. The molecule has 0 radical (unpaired) electrons. The van der Waals surface area contributed by atoms with E-state index in [9.17, 15) is 24.6 Å². The van der Waals surface area contributed by atoms with E-state index in [1.807, 2.05) is 30.3 Å². The number of hydrogen-bond acceptors (Lipinski definition) is 5. The molecule has 1 spiro atoms. The third-order valence-corrected chi connectivity index (χ3v) is 10.8. The number of aliphatic hydroxyl groups is 1. The molecule has 3 fully saturated rings. The maximum absolute atomic E-state index is 14.2. The zero-order valence-electron chi connectivity index (χ0n) is 19.9. The number of likely N-dealkylation sites (tertiary alicyclic amines) is 1. The lowest BCUT2D eigenvalue weighted by Gasteiger charge is -2.40. The molecular weight excluding hydrogens is 532 g/mol. The standard InChI is InChI=1S/C26H33BrN2O5S/c1-3-5-12-28(11-4-2)24(32)22-26-14-18(27)21(35-26)19(25(33)34)20(26)23(31)29(22)17(15-30)13-16-9-7-6-8-10-16/h4,6-10,17-22,30H,2-3,5,11-15H2,1H3,(H,33,34)/t17-,18?,19+,20+,21+,22?,26?/m1/s1. The molecule has 2 N–H and O–H groups in total. The van der Waals surface area contributed by atoms with Gasteiger partial charge in [-0.05, 0) is 24.8 Å². The quantitative estimate of drug-likeness (QED) is 0.317. The summed E-state index contributed by atoms with van der Waals surface area (Å²) in [6.45, 7) is 6.45. The van der Waals surface area contributed by atoms with Crippen LogP contribution in [-0.2, 0) is 20.8 Å². The molecule has 2 amide bonds. The molecule has 4 rings (SSSR count). The lowest BCUT2D eigenvalue weighted by Crippen LogP contribution is -2.58. The molecule has 0 saturated carbocycles. The minimum atomic E-state index is -1.00. The largest absolute Gasteiger partial charge is 0.481 e. The summed E-state index contributed by atoms with van der Waals surface area (Å²) in [7, 11) is 0. The van der Waals surface area contributed by atoms with Crippen LogP contribution in [-0.4, -0.2) is 84.4 Å². The fourth-order valence-electron chi connectivity index (χ4n) is 6.13. The fourth-order valence-corrected chi connectivity index (χ4v) is 9.71. The fraction of sp³-hybridized carbons (Fsp3) is 0.577. The van der Waals surface area contributed by atoms with Gasteiger partial charge >= 0.3 is 5.97 Å². The molecule has 0 aromatic heterocycles. The molecule has 7 atom stereocenters. The highest BCUT2D eigenvalue weighted by Gasteiger charge is 2.76. The third-order valence-electron chi connectivity index (χ3n) is 7.61.